The molecule has 0 unspecified atom stereocenters. The third-order valence-electron chi connectivity index (χ3n) is 2.05. The summed E-state index contributed by atoms with van der Waals surface area (Å²) in [5.74, 6) is 2.20. The molecule has 1 saturated heterocycles. The SMILES string of the molecule is CCOP(C=C1CCNCC1)OCC. The van der Waals surface area contributed by atoms with Crippen LogP contribution in [0.2, 0.25) is 0 Å². The lowest BCUT2D eigenvalue weighted by atomic mass is 10.1. The molecule has 1 aliphatic heterocycles. The van der Waals surface area contributed by atoms with E-state index in [1.807, 2.05) is 13.8 Å². The van der Waals surface area contributed by atoms with Crippen LogP contribution in [0, 0.1) is 0 Å². The van der Waals surface area contributed by atoms with Crippen molar-refractivity contribution in [3.05, 3.63) is 11.4 Å². The van der Waals surface area contributed by atoms with Crippen molar-refractivity contribution in [2.24, 2.45) is 0 Å². The van der Waals surface area contributed by atoms with Crippen LogP contribution in [0.4, 0.5) is 0 Å². The van der Waals surface area contributed by atoms with Crippen LogP contribution in [-0.4, -0.2) is 26.3 Å². The average Bonchev–Trinajstić information content (AvgIpc) is 2.20. The van der Waals surface area contributed by atoms with Gasteiger partial charge in [0, 0.05) is 0 Å². The van der Waals surface area contributed by atoms with Gasteiger partial charge < -0.3 is 14.4 Å². The Morgan fingerprint density at radius 1 is 1.21 bits per heavy atom. The van der Waals surface area contributed by atoms with Crippen molar-refractivity contribution in [2.45, 2.75) is 26.7 Å². The molecule has 14 heavy (non-hydrogen) atoms. The molecule has 0 aromatic rings. The van der Waals surface area contributed by atoms with Gasteiger partial charge in [0.25, 0.3) is 0 Å². The zero-order valence-electron chi connectivity index (χ0n) is 9.08. The van der Waals surface area contributed by atoms with Gasteiger partial charge in [-0.2, -0.15) is 0 Å². The van der Waals surface area contributed by atoms with Crippen LogP contribution in [0.15, 0.2) is 11.4 Å². The molecule has 0 bridgehead atoms. The Morgan fingerprint density at radius 2 is 1.79 bits per heavy atom. The number of piperidine rings is 1. The molecule has 0 spiro atoms. The van der Waals surface area contributed by atoms with E-state index in [1.165, 1.54) is 5.57 Å². The second-order valence-electron chi connectivity index (χ2n) is 3.16. The lowest BCUT2D eigenvalue weighted by Crippen LogP contribution is -2.23. The van der Waals surface area contributed by atoms with Crippen molar-refractivity contribution < 1.29 is 9.05 Å². The van der Waals surface area contributed by atoms with E-state index >= 15 is 0 Å². The van der Waals surface area contributed by atoms with Crippen molar-refractivity contribution in [3.63, 3.8) is 0 Å². The van der Waals surface area contributed by atoms with Crippen LogP contribution in [0.5, 0.6) is 0 Å². The molecule has 1 heterocycles. The van der Waals surface area contributed by atoms with Gasteiger partial charge in [-0.1, -0.05) is 5.57 Å². The highest BCUT2D eigenvalue weighted by molar-refractivity contribution is 7.50. The topological polar surface area (TPSA) is 30.5 Å². The summed E-state index contributed by atoms with van der Waals surface area (Å²) < 4.78 is 11.1. The summed E-state index contributed by atoms with van der Waals surface area (Å²) >= 11 is 0. The molecule has 1 fully saturated rings. The molecule has 82 valence electrons. The molecule has 0 aromatic heterocycles. The van der Waals surface area contributed by atoms with Gasteiger partial charge in [-0.3, -0.25) is 0 Å². The maximum absolute atomic E-state index is 5.53. The molecular formula is C10H20NO2P. The first-order valence-corrected chi connectivity index (χ1v) is 6.56. The molecule has 0 amide bonds. The highest BCUT2D eigenvalue weighted by atomic mass is 31.2. The van der Waals surface area contributed by atoms with Gasteiger partial charge in [-0.15, -0.1) is 0 Å². The van der Waals surface area contributed by atoms with Crippen LogP contribution in [-0.2, 0) is 9.05 Å². The lowest BCUT2D eigenvalue weighted by Gasteiger charge is -2.18. The quantitative estimate of drug-likeness (QED) is 0.718. The minimum Gasteiger partial charge on any atom is -0.331 e. The first-order valence-electron chi connectivity index (χ1n) is 5.32. The van der Waals surface area contributed by atoms with E-state index in [-0.39, 0.29) is 0 Å². The fraction of sp³-hybridized carbons (Fsp3) is 0.800. The van der Waals surface area contributed by atoms with Crippen LogP contribution in [0.1, 0.15) is 26.7 Å². The third kappa shape index (κ3) is 4.52. The van der Waals surface area contributed by atoms with Gasteiger partial charge >= 0.3 is 0 Å². The Hall–Kier alpha value is 0.0500. The highest BCUT2D eigenvalue weighted by Gasteiger charge is 2.10. The number of rotatable bonds is 5. The predicted molar refractivity (Wildman–Crippen MR) is 60.4 cm³/mol. The van der Waals surface area contributed by atoms with Gasteiger partial charge in [-0.05, 0) is 45.6 Å². The number of hydrogen-bond acceptors (Lipinski definition) is 3. The molecule has 0 atom stereocenters. The summed E-state index contributed by atoms with van der Waals surface area (Å²) in [6, 6.07) is 0. The summed E-state index contributed by atoms with van der Waals surface area (Å²) in [7, 11) is -0.774. The Bertz CT molecular complexity index is 171. The van der Waals surface area contributed by atoms with E-state index in [0.29, 0.717) is 0 Å². The van der Waals surface area contributed by atoms with E-state index in [0.717, 1.165) is 39.1 Å². The van der Waals surface area contributed by atoms with Crippen molar-refractivity contribution >= 4 is 8.38 Å². The van der Waals surface area contributed by atoms with Crippen LogP contribution in [0.3, 0.4) is 0 Å². The fourth-order valence-electron chi connectivity index (χ4n) is 1.39. The van der Waals surface area contributed by atoms with Gasteiger partial charge in [0.2, 0.25) is 0 Å². The summed E-state index contributed by atoms with van der Waals surface area (Å²) in [5, 5.41) is 3.34. The Labute approximate surface area is 87.8 Å². The molecule has 0 radical (unpaired) electrons. The van der Waals surface area contributed by atoms with E-state index in [1.54, 1.807) is 0 Å². The fourth-order valence-corrected chi connectivity index (χ4v) is 2.68. The predicted octanol–water partition coefficient (Wildman–Crippen LogP) is 2.64. The van der Waals surface area contributed by atoms with Crippen LogP contribution >= 0.6 is 8.38 Å². The summed E-state index contributed by atoms with van der Waals surface area (Å²) in [6.07, 6.45) is 2.28. The standard InChI is InChI=1S/C10H20NO2P/c1-3-12-14(13-4-2)9-10-5-7-11-8-6-10/h9,11H,3-8H2,1-2H3. The Balaban J connectivity index is 2.41. The molecule has 4 heteroatoms. The Kier molecular flexibility index (Phi) is 6.37. The second-order valence-corrected chi connectivity index (χ2v) is 4.50. The minimum atomic E-state index is -0.774. The van der Waals surface area contributed by atoms with E-state index < -0.39 is 8.38 Å². The molecule has 1 rings (SSSR count). The third-order valence-corrected chi connectivity index (χ3v) is 3.65. The van der Waals surface area contributed by atoms with E-state index in [9.17, 15) is 0 Å². The summed E-state index contributed by atoms with van der Waals surface area (Å²) in [4.78, 5) is 0. The molecule has 1 N–H and O–H groups in total. The average molecular weight is 217 g/mol. The van der Waals surface area contributed by atoms with Gasteiger partial charge in [-0.25, -0.2) is 0 Å². The Morgan fingerprint density at radius 3 is 2.29 bits per heavy atom. The maximum atomic E-state index is 5.53. The molecule has 0 saturated carbocycles. The second kappa shape index (κ2) is 7.36. The molecule has 1 aliphatic rings. The molecular weight excluding hydrogens is 197 g/mol. The maximum Gasteiger partial charge on any atom is 0.197 e. The van der Waals surface area contributed by atoms with Crippen molar-refractivity contribution in [1.82, 2.24) is 5.32 Å². The van der Waals surface area contributed by atoms with Crippen LogP contribution in [0.25, 0.3) is 0 Å². The smallest absolute Gasteiger partial charge is 0.197 e. The first kappa shape index (κ1) is 12.1. The number of nitrogens with one attached hydrogen (secondary N) is 1. The van der Waals surface area contributed by atoms with Crippen molar-refractivity contribution in [3.8, 4) is 0 Å². The van der Waals surface area contributed by atoms with Crippen molar-refractivity contribution in [1.29, 1.82) is 0 Å². The number of hydrogen-bond donors (Lipinski definition) is 1. The van der Waals surface area contributed by atoms with E-state index in [2.05, 4.69) is 11.1 Å². The zero-order chi connectivity index (χ0) is 10.2. The summed E-state index contributed by atoms with van der Waals surface area (Å²) in [5.41, 5.74) is 1.48. The summed E-state index contributed by atoms with van der Waals surface area (Å²) in [6.45, 7) is 7.66. The highest BCUT2D eigenvalue weighted by Crippen LogP contribution is 2.41. The van der Waals surface area contributed by atoms with Crippen molar-refractivity contribution in [2.75, 3.05) is 26.3 Å². The zero-order valence-corrected chi connectivity index (χ0v) is 9.98. The monoisotopic (exact) mass is 217 g/mol. The lowest BCUT2D eigenvalue weighted by molar-refractivity contribution is 0.276. The molecule has 0 aromatic carbocycles. The largest absolute Gasteiger partial charge is 0.331 e. The molecule has 3 nitrogen and oxygen atoms in total. The van der Waals surface area contributed by atoms with E-state index in [4.69, 9.17) is 9.05 Å². The normalized spacial score (nSPS) is 17.5. The van der Waals surface area contributed by atoms with Gasteiger partial charge in [0.15, 0.2) is 8.38 Å². The van der Waals surface area contributed by atoms with Gasteiger partial charge in [0.05, 0.1) is 13.2 Å². The minimum absolute atomic E-state index is 0.730. The van der Waals surface area contributed by atoms with Crippen LogP contribution < -0.4 is 5.32 Å². The van der Waals surface area contributed by atoms with Gasteiger partial charge in [0.1, 0.15) is 0 Å². The molecule has 0 aliphatic carbocycles. The first-order chi connectivity index (χ1) is 6.86.